The molecule has 0 saturated carbocycles. The van der Waals surface area contributed by atoms with Crippen molar-refractivity contribution in [2.45, 2.75) is 26.3 Å². The molecule has 2 aliphatic rings. The zero-order chi connectivity index (χ0) is 18.7. The Hall–Kier alpha value is -2.10. The Morgan fingerprint density at radius 3 is 2.65 bits per heavy atom. The summed E-state index contributed by atoms with van der Waals surface area (Å²) in [6.45, 7) is 6.40. The summed E-state index contributed by atoms with van der Waals surface area (Å²) < 4.78 is 28.3. The topological polar surface area (TPSA) is 105 Å². The molecule has 10 heteroatoms. The van der Waals surface area contributed by atoms with Crippen LogP contribution in [-0.4, -0.2) is 79.7 Å². The number of amides is 1. The van der Waals surface area contributed by atoms with Crippen molar-refractivity contribution in [2.24, 2.45) is 0 Å². The monoisotopic (exact) mass is 383 g/mol. The highest BCUT2D eigenvalue weighted by atomic mass is 32.2. The van der Waals surface area contributed by atoms with Gasteiger partial charge in [0.25, 0.3) is 0 Å². The molecule has 3 heterocycles. The number of carbonyl (C=O) groups is 1. The van der Waals surface area contributed by atoms with Crippen LogP contribution in [0.25, 0.3) is 0 Å². The normalized spacial score (nSPS) is 22.3. The van der Waals surface area contributed by atoms with E-state index in [0.29, 0.717) is 51.0 Å². The van der Waals surface area contributed by atoms with Crippen LogP contribution in [0.2, 0.25) is 0 Å². The number of sulfone groups is 1. The van der Waals surface area contributed by atoms with Crippen molar-refractivity contribution in [1.82, 2.24) is 14.9 Å². The fourth-order valence-electron chi connectivity index (χ4n) is 3.19. The Balaban J connectivity index is 1.64. The highest BCUT2D eigenvalue weighted by Crippen LogP contribution is 2.20. The van der Waals surface area contributed by atoms with Gasteiger partial charge in [-0.05, 0) is 20.3 Å². The lowest BCUT2D eigenvalue weighted by molar-refractivity contribution is 0.105. The van der Waals surface area contributed by atoms with Gasteiger partial charge < -0.3 is 19.9 Å². The maximum Gasteiger partial charge on any atom is 0.409 e. The lowest BCUT2D eigenvalue weighted by atomic mass is 10.2. The van der Waals surface area contributed by atoms with E-state index < -0.39 is 9.84 Å². The summed E-state index contributed by atoms with van der Waals surface area (Å²) in [6.07, 6.45) is 0.306. The minimum atomic E-state index is -2.94. The van der Waals surface area contributed by atoms with Gasteiger partial charge in [-0.1, -0.05) is 0 Å². The van der Waals surface area contributed by atoms with Crippen LogP contribution in [0.4, 0.5) is 16.6 Å². The zero-order valence-corrected chi connectivity index (χ0v) is 16.0. The molecule has 2 saturated heterocycles. The molecule has 0 aromatic carbocycles. The van der Waals surface area contributed by atoms with Crippen LogP contribution in [0.15, 0.2) is 6.07 Å². The zero-order valence-electron chi connectivity index (χ0n) is 15.1. The van der Waals surface area contributed by atoms with Gasteiger partial charge in [0.2, 0.25) is 5.95 Å². The average Bonchev–Trinajstić information content (AvgIpc) is 2.93. The van der Waals surface area contributed by atoms with Crippen molar-refractivity contribution in [3.05, 3.63) is 11.8 Å². The average molecular weight is 383 g/mol. The van der Waals surface area contributed by atoms with E-state index in [1.807, 2.05) is 17.9 Å². The van der Waals surface area contributed by atoms with Gasteiger partial charge >= 0.3 is 6.09 Å². The van der Waals surface area contributed by atoms with Gasteiger partial charge in [-0.3, -0.25) is 0 Å². The summed E-state index contributed by atoms with van der Waals surface area (Å²) in [4.78, 5) is 24.5. The van der Waals surface area contributed by atoms with Crippen molar-refractivity contribution >= 4 is 27.7 Å². The summed E-state index contributed by atoms with van der Waals surface area (Å²) in [5.74, 6) is 1.60. The summed E-state index contributed by atoms with van der Waals surface area (Å²) in [7, 11) is -2.94. The maximum absolute atomic E-state index is 11.8. The fourth-order valence-corrected chi connectivity index (χ4v) is 4.86. The van der Waals surface area contributed by atoms with E-state index >= 15 is 0 Å². The molecule has 26 heavy (non-hydrogen) atoms. The van der Waals surface area contributed by atoms with Crippen molar-refractivity contribution in [3.63, 3.8) is 0 Å². The summed E-state index contributed by atoms with van der Waals surface area (Å²) in [5.41, 5.74) is 0.811. The Bertz CT molecular complexity index is 762. The summed E-state index contributed by atoms with van der Waals surface area (Å²) in [5, 5.41) is 3.22. The summed E-state index contributed by atoms with van der Waals surface area (Å²) >= 11 is 0. The van der Waals surface area contributed by atoms with Crippen molar-refractivity contribution in [3.8, 4) is 0 Å². The SMILES string of the molecule is CCOC(=O)N1CCN(c2nc(C)cc(NC3CCS(=O)(=O)C3)n2)CC1. The number of anilines is 2. The third-order valence-corrected chi connectivity index (χ3v) is 6.28. The van der Waals surface area contributed by atoms with E-state index in [2.05, 4.69) is 15.3 Å². The number of aryl methyl sites for hydroxylation is 1. The first kappa shape index (κ1) is 18.7. The molecular weight excluding hydrogens is 358 g/mol. The molecule has 0 spiro atoms. The van der Waals surface area contributed by atoms with Crippen LogP contribution in [0.3, 0.4) is 0 Å². The molecule has 2 aliphatic heterocycles. The predicted octanol–water partition coefficient (Wildman–Crippen LogP) is 0.663. The second-order valence-electron chi connectivity index (χ2n) is 6.61. The van der Waals surface area contributed by atoms with Crippen molar-refractivity contribution in [2.75, 3.05) is 54.5 Å². The van der Waals surface area contributed by atoms with E-state index in [4.69, 9.17) is 4.74 Å². The van der Waals surface area contributed by atoms with Gasteiger partial charge in [0.05, 0.1) is 18.1 Å². The third-order valence-electron chi connectivity index (χ3n) is 4.52. The minimum Gasteiger partial charge on any atom is -0.450 e. The molecule has 0 radical (unpaired) electrons. The largest absolute Gasteiger partial charge is 0.450 e. The van der Waals surface area contributed by atoms with Crippen LogP contribution in [0.1, 0.15) is 19.0 Å². The van der Waals surface area contributed by atoms with Crippen molar-refractivity contribution < 1.29 is 17.9 Å². The molecule has 0 aliphatic carbocycles. The van der Waals surface area contributed by atoms with E-state index in [9.17, 15) is 13.2 Å². The molecule has 3 rings (SSSR count). The first-order valence-corrected chi connectivity index (χ1v) is 10.7. The molecule has 144 valence electrons. The quantitative estimate of drug-likeness (QED) is 0.809. The summed E-state index contributed by atoms with van der Waals surface area (Å²) in [6, 6.07) is 1.71. The Morgan fingerprint density at radius 1 is 1.31 bits per heavy atom. The van der Waals surface area contributed by atoms with E-state index in [1.165, 1.54) is 0 Å². The smallest absolute Gasteiger partial charge is 0.409 e. The Labute approximate surface area is 153 Å². The van der Waals surface area contributed by atoms with Crippen LogP contribution in [0.5, 0.6) is 0 Å². The number of carbonyl (C=O) groups excluding carboxylic acids is 1. The van der Waals surface area contributed by atoms with Crippen LogP contribution in [0, 0.1) is 6.92 Å². The van der Waals surface area contributed by atoms with E-state index in [1.54, 1.807) is 11.8 Å². The molecule has 1 unspecified atom stereocenters. The Kier molecular flexibility index (Phi) is 5.49. The van der Waals surface area contributed by atoms with E-state index in [0.717, 1.165) is 5.69 Å². The lowest BCUT2D eigenvalue weighted by Crippen LogP contribution is -2.49. The lowest BCUT2D eigenvalue weighted by Gasteiger charge is -2.34. The van der Waals surface area contributed by atoms with Gasteiger partial charge in [0.1, 0.15) is 5.82 Å². The number of piperazine rings is 1. The first-order valence-electron chi connectivity index (χ1n) is 8.85. The first-order chi connectivity index (χ1) is 12.4. The van der Waals surface area contributed by atoms with Gasteiger partial charge in [0, 0.05) is 44.0 Å². The Morgan fingerprint density at radius 2 is 2.04 bits per heavy atom. The van der Waals surface area contributed by atoms with Crippen LogP contribution < -0.4 is 10.2 Å². The number of ether oxygens (including phenoxy) is 1. The molecule has 1 aromatic heterocycles. The van der Waals surface area contributed by atoms with Gasteiger partial charge in [-0.15, -0.1) is 0 Å². The highest BCUT2D eigenvalue weighted by Gasteiger charge is 2.28. The molecular formula is C16H25N5O4S. The van der Waals surface area contributed by atoms with Crippen LogP contribution in [-0.2, 0) is 14.6 Å². The molecule has 1 atom stereocenters. The fraction of sp³-hybridized carbons (Fsp3) is 0.688. The van der Waals surface area contributed by atoms with Crippen LogP contribution >= 0.6 is 0 Å². The standard InChI is InChI=1S/C16H25N5O4S/c1-3-25-16(22)21-7-5-20(6-8-21)15-17-12(2)10-14(19-15)18-13-4-9-26(23,24)11-13/h10,13H,3-9,11H2,1-2H3,(H,17,18,19). The highest BCUT2D eigenvalue weighted by molar-refractivity contribution is 7.91. The van der Waals surface area contributed by atoms with Gasteiger partial charge in [0.15, 0.2) is 9.84 Å². The molecule has 1 N–H and O–H groups in total. The van der Waals surface area contributed by atoms with Gasteiger partial charge in [-0.25, -0.2) is 18.2 Å². The predicted molar refractivity (Wildman–Crippen MR) is 98.3 cm³/mol. The number of rotatable bonds is 4. The van der Waals surface area contributed by atoms with Gasteiger partial charge in [-0.2, -0.15) is 4.98 Å². The third kappa shape index (κ3) is 4.54. The van der Waals surface area contributed by atoms with Crippen molar-refractivity contribution in [1.29, 1.82) is 0 Å². The second-order valence-corrected chi connectivity index (χ2v) is 8.84. The molecule has 2 fully saturated rings. The molecule has 1 amide bonds. The molecule has 1 aromatic rings. The molecule has 9 nitrogen and oxygen atoms in total. The van der Waals surface area contributed by atoms with E-state index in [-0.39, 0.29) is 23.6 Å². The molecule has 0 bridgehead atoms. The second kappa shape index (κ2) is 7.65. The maximum atomic E-state index is 11.8. The minimum absolute atomic E-state index is 0.109. The number of hydrogen-bond donors (Lipinski definition) is 1. The number of nitrogens with one attached hydrogen (secondary N) is 1. The number of aromatic nitrogens is 2. The number of hydrogen-bond acceptors (Lipinski definition) is 8. The number of nitrogens with zero attached hydrogens (tertiary/aromatic N) is 4.